The van der Waals surface area contributed by atoms with E-state index in [-0.39, 0.29) is 11.6 Å². The lowest BCUT2D eigenvalue weighted by Crippen LogP contribution is -2.50. The van der Waals surface area contributed by atoms with Crippen LogP contribution >= 0.6 is 0 Å². The number of ketones is 2. The molecule has 0 amide bonds. The molecule has 1 aliphatic carbocycles. The number of hydrogen-bond acceptors (Lipinski definition) is 2. The van der Waals surface area contributed by atoms with Gasteiger partial charge in [-0.25, -0.2) is 0 Å². The van der Waals surface area contributed by atoms with Gasteiger partial charge in [0.2, 0.25) is 0 Å². The second-order valence-corrected chi connectivity index (χ2v) is 6.08. The molecule has 0 aliphatic heterocycles. The van der Waals surface area contributed by atoms with Gasteiger partial charge >= 0.3 is 0 Å². The van der Waals surface area contributed by atoms with Crippen molar-refractivity contribution in [3.63, 3.8) is 0 Å². The molecule has 0 N–H and O–H groups in total. The number of hydrogen-bond donors (Lipinski definition) is 0. The summed E-state index contributed by atoms with van der Waals surface area (Å²) < 4.78 is 0. The predicted octanol–water partition coefficient (Wildman–Crippen LogP) is 3.21. The number of benzene rings is 1. The Morgan fingerprint density at radius 2 is 1.56 bits per heavy atom. The minimum absolute atomic E-state index is 0.0510. The first-order valence-electron chi connectivity index (χ1n) is 6.44. The van der Waals surface area contributed by atoms with Gasteiger partial charge in [0, 0.05) is 6.42 Å². The standard InChI is InChI=1S/C16H20O2/c1-11-5-7-12(8-6-11)16(4)10-9-13(17)15(2,3)14(16)18/h5-8H,9-10H2,1-4H3/t16-/m1/s1. The summed E-state index contributed by atoms with van der Waals surface area (Å²) >= 11 is 0. The molecule has 1 atom stereocenters. The van der Waals surface area contributed by atoms with E-state index in [4.69, 9.17) is 0 Å². The highest BCUT2D eigenvalue weighted by molar-refractivity contribution is 6.12. The summed E-state index contributed by atoms with van der Waals surface area (Å²) in [5.41, 5.74) is 0.836. The SMILES string of the molecule is Cc1ccc([C@@]2(C)CCC(=O)C(C)(C)C2=O)cc1. The average Bonchev–Trinajstić information content (AvgIpc) is 2.33. The fourth-order valence-corrected chi connectivity index (χ4v) is 2.80. The first-order chi connectivity index (χ1) is 8.28. The molecule has 1 fully saturated rings. The van der Waals surface area contributed by atoms with Crippen LogP contribution in [0.4, 0.5) is 0 Å². The van der Waals surface area contributed by atoms with Crippen molar-refractivity contribution in [2.45, 2.75) is 46.0 Å². The average molecular weight is 244 g/mol. The Balaban J connectivity index is 2.45. The van der Waals surface area contributed by atoms with Gasteiger partial charge < -0.3 is 0 Å². The molecule has 0 spiro atoms. The van der Waals surface area contributed by atoms with Crippen LogP contribution < -0.4 is 0 Å². The molecule has 0 radical (unpaired) electrons. The third-order valence-corrected chi connectivity index (χ3v) is 4.31. The van der Waals surface area contributed by atoms with Crippen LogP contribution in [-0.2, 0) is 15.0 Å². The summed E-state index contributed by atoms with van der Waals surface area (Å²) in [7, 11) is 0. The van der Waals surface area contributed by atoms with Gasteiger partial charge in [-0.15, -0.1) is 0 Å². The number of carbonyl (C=O) groups excluding carboxylic acids is 2. The second-order valence-electron chi connectivity index (χ2n) is 6.08. The molecule has 0 bridgehead atoms. The van der Waals surface area contributed by atoms with Crippen molar-refractivity contribution >= 4 is 11.6 Å². The van der Waals surface area contributed by atoms with Crippen LogP contribution in [0.15, 0.2) is 24.3 Å². The lowest BCUT2D eigenvalue weighted by molar-refractivity contribution is -0.146. The Kier molecular flexibility index (Phi) is 2.92. The lowest BCUT2D eigenvalue weighted by Gasteiger charge is -2.40. The highest BCUT2D eigenvalue weighted by Crippen LogP contribution is 2.42. The molecule has 0 unspecified atom stereocenters. The van der Waals surface area contributed by atoms with Gasteiger partial charge in [-0.1, -0.05) is 29.8 Å². The van der Waals surface area contributed by atoms with Crippen molar-refractivity contribution in [2.24, 2.45) is 5.41 Å². The van der Waals surface area contributed by atoms with Crippen LogP contribution in [0.3, 0.4) is 0 Å². The smallest absolute Gasteiger partial charge is 0.156 e. The first-order valence-corrected chi connectivity index (χ1v) is 6.44. The van der Waals surface area contributed by atoms with E-state index in [2.05, 4.69) is 0 Å². The third kappa shape index (κ3) is 1.80. The van der Waals surface area contributed by atoms with E-state index in [9.17, 15) is 9.59 Å². The maximum Gasteiger partial charge on any atom is 0.156 e. The molecule has 0 heterocycles. The zero-order valence-corrected chi connectivity index (χ0v) is 11.5. The maximum absolute atomic E-state index is 12.6. The van der Waals surface area contributed by atoms with Gasteiger partial charge in [-0.2, -0.15) is 0 Å². The van der Waals surface area contributed by atoms with Gasteiger partial charge in [0.05, 0.1) is 10.8 Å². The number of rotatable bonds is 1. The molecule has 18 heavy (non-hydrogen) atoms. The van der Waals surface area contributed by atoms with Crippen molar-refractivity contribution < 1.29 is 9.59 Å². The second kappa shape index (κ2) is 4.04. The van der Waals surface area contributed by atoms with E-state index in [1.54, 1.807) is 13.8 Å². The molecule has 96 valence electrons. The molecular formula is C16H20O2. The topological polar surface area (TPSA) is 34.1 Å². The molecular weight excluding hydrogens is 224 g/mol. The zero-order chi connectivity index (χ0) is 13.6. The van der Waals surface area contributed by atoms with Crippen LogP contribution in [0.25, 0.3) is 0 Å². The van der Waals surface area contributed by atoms with E-state index < -0.39 is 10.8 Å². The molecule has 1 aromatic carbocycles. The molecule has 1 aromatic rings. The van der Waals surface area contributed by atoms with Crippen LogP contribution in [0, 0.1) is 12.3 Å². The minimum atomic E-state index is -0.849. The van der Waals surface area contributed by atoms with Crippen LogP contribution in [-0.4, -0.2) is 11.6 Å². The highest BCUT2D eigenvalue weighted by Gasteiger charge is 2.50. The Labute approximate surface area is 108 Å². The van der Waals surface area contributed by atoms with E-state index >= 15 is 0 Å². The summed E-state index contributed by atoms with van der Waals surface area (Å²) in [5.74, 6) is 0.118. The Bertz CT molecular complexity index is 496. The van der Waals surface area contributed by atoms with E-state index in [1.165, 1.54) is 5.56 Å². The monoisotopic (exact) mass is 244 g/mol. The molecule has 2 heteroatoms. The van der Waals surface area contributed by atoms with Crippen LogP contribution in [0.5, 0.6) is 0 Å². The van der Waals surface area contributed by atoms with Crippen molar-refractivity contribution in [2.75, 3.05) is 0 Å². The fourth-order valence-electron chi connectivity index (χ4n) is 2.80. The summed E-state index contributed by atoms with van der Waals surface area (Å²) in [4.78, 5) is 24.5. The van der Waals surface area contributed by atoms with Gasteiger partial charge in [0.15, 0.2) is 5.78 Å². The van der Waals surface area contributed by atoms with Crippen LogP contribution in [0.2, 0.25) is 0 Å². The van der Waals surface area contributed by atoms with E-state index in [0.29, 0.717) is 12.8 Å². The number of carbonyl (C=O) groups is 2. The van der Waals surface area contributed by atoms with Crippen molar-refractivity contribution in [3.05, 3.63) is 35.4 Å². The third-order valence-electron chi connectivity index (χ3n) is 4.31. The summed E-state index contributed by atoms with van der Waals surface area (Å²) in [6, 6.07) is 8.08. The van der Waals surface area contributed by atoms with Crippen LogP contribution in [0.1, 0.15) is 44.7 Å². The van der Waals surface area contributed by atoms with Crippen molar-refractivity contribution in [3.8, 4) is 0 Å². The lowest BCUT2D eigenvalue weighted by atomic mass is 9.60. The largest absolute Gasteiger partial charge is 0.299 e. The maximum atomic E-state index is 12.6. The number of Topliss-reactive ketones (excluding diaryl/α,β-unsaturated/α-hetero) is 2. The fraction of sp³-hybridized carbons (Fsp3) is 0.500. The first kappa shape index (κ1) is 13.0. The summed E-state index contributed by atoms with van der Waals surface area (Å²) in [6.45, 7) is 7.50. The van der Waals surface area contributed by atoms with Gasteiger partial charge in [0.25, 0.3) is 0 Å². The molecule has 0 aromatic heterocycles. The highest BCUT2D eigenvalue weighted by atomic mass is 16.2. The molecule has 2 nitrogen and oxygen atoms in total. The Hall–Kier alpha value is -1.44. The molecule has 1 saturated carbocycles. The predicted molar refractivity (Wildman–Crippen MR) is 71.6 cm³/mol. The van der Waals surface area contributed by atoms with Crippen molar-refractivity contribution in [1.29, 1.82) is 0 Å². The summed E-state index contributed by atoms with van der Waals surface area (Å²) in [5, 5.41) is 0. The molecule has 0 saturated heterocycles. The minimum Gasteiger partial charge on any atom is -0.299 e. The quantitative estimate of drug-likeness (QED) is 0.711. The van der Waals surface area contributed by atoms with Crippen molar-refractivity contribution in [1.82, 2.24) is 0 Å². The molecule has 2 rings (SSSR count). The normalized spacial score (nSPS) is 27.3. The van der Waals surface area contributed by atoms with Gasteiger partial charge in [-0.05, 0) is 39.7 Å². The Morgan fingerprint density at radius 3 is 2.11 bits per heavy atom. The zero-order valence-electron chi connectivity index (χ0n) is 11.5. The van der Waals surface area contributed by atoms with Gasteiger partial charge in [-0.3, -0.25) is 9.59 Å². The van der Waals surface area contributed by atoms with E-state index in [0.717, 1.165) is 5.56 Å². The Morgan fingerprint density at radius 1 is 1.00 bits per heavy atom. The van der Waals surface area contributed by atoms with Gasteiger partial charge in [0.1, 0.15) is 5.78 Å². The van der Waals surface area contributed by atoms with E-state index in [1.807, 2.05) is 38.1 Å². The molecule has 1 aliphatic rings. The summed E-state index contributed by atoms with van der Waals surface area (Å²) in [6.07, 6.45) is 1.11. The number of aryl methyl sites for hydroxylation is 1.